The van der Waals surface area contributed by atoms with Gasteiger partial charge in [-0.15, -0.1) is 0 Å². The summed E-state index contributed by atoms with van der Waals surface area (Å²) in [6.07, 6.45) is 5.89. The van der Waals surface area contributed by atoms with E-state index in [-0.39, 0.29) is 10.6 Å². The van der Waals surface area contributed by atoms with E-state index >= 15 is 0 Å². The van der Waals surface area contributed by atoms with E-state index in [1.807, 2.05) is 6.07 Å². The number of para-hydroxylation sites is 1. The largest absolute Gasteiger partial charge is 0.396 e. The van der Waals surface area contributed by atoms with E-state index in [1.54, 1.807) is 6.07 Å². The third-order valence-electron chi connectivity index (χ3n) is 4.15. The minimum Gasteiger partial charge on any atom is -0.396 e. The standard InChI is InChI=1S/C14H23N3O2S/c1-2-10-6-3-4-7-11(10)17-12-8-5-9-13(14(12)15)20(16,18)19/h5,8-11,17H,2-4,6-7,15H2,1H3,(H2,16,18,19). The first-order chi connectivity index (χ1) is 9.43. The van der Waals surface area contributed by atoms with E-state index in [0.717, 1.165) is 12.8 Å². The quantitative estimate of drug-likeness (QED) is 0.743. The van der Waals surface area contributed by atoms with Crippen LogP contribution in [0.1, 0.15) is 39.0 Å². The molecule has 2 rings (SSSR count). The second kappa shape index (κ2) is 6.01. The van der Waals surface area contributed by atoms with Crippen LogP contribution in [0.25, 0.3) is 0 Å². The molecule has 5 N–H and O–H groups in total. The molecule has 0 radical (unpaired) electrons. The van der Waals surface area contributed by atoms with Crippen molar-refractivity contribution in [1.82, 2.24) is 0 Å². The molecule has 1 saturated carbocycles. The number of nitrogen functional groups attached to an aromatic ring is 1. The molecule has 0 spiro atoms. The fourth-order valence-electron chi connectivity index (χ4n) is 3.00. The molecule has 1 aromatic rings. The maximum absolute atomic E-state index is 11.5. The first kappa shape index (κ1) is 15.1. The number of benzene rings is 1. The van der Waals surface area contributed by atoms with Crippen LogP contribution >= 0.6 is 0 Å². The van der Waals surface area contributed by atoms with Crippen LogP contribution in [0.15, 0.2) is 23.1 Å². The fourth-order valence-corrected chi connectivity index (χ4v) is 3.69. The third kappa shape index (κ3) is 3.24. The van der Waals surface area contributed by atoms with Crippen LogP contribution in [0.3, 0.4) is 0 Å². The first-order valence-corrected chi connectivity index (χ1v) is 8.66. The van der Waals surface area contributed by atoms with Gasteiger partial charge in [0.15, 0.2) is 0 Å². The molecule has 2 unspecified atom stereocenters. The second-order valence-corrected chi connectivity index (χ2v) is 7.00. The normalized spacial score (nSPS) is 23.5. The highest BCUT2D eigenvalue weighted by Crippen LogP contribution is 2.32. The average Bonchev–Trinajstić information content (AvgIpc) is 2.40. The number of sulfonamides is 1. The Morgan fingerprint density at radius 1 is 1.30 bits per heavy atom. The topological polar surface area (TPSA) is 98.2 Å². The summed E-state index contributed by atoms with van der Waals surface area (Å²) in [5.74, 6) is 0.612. The molecule has 6 heteroatoms. The van der Waals surface area contributed by atoms with Crippen molar-refractivity contribution >= 4 is 21.4 Å². The molecule has 1 fully saturated rings. The summed E-state index contributed by atoms with van der Waals surface area (Å²) in [4.78, 5) is -0.00800. The minimum atomic E-state index is -3.78. The summed E-state index contributed by atoms with van der Waals surface area (Å²) in [5, 5.41) is 8.60. The molecular weight excluding hydrogens is 274 g/mol. The van der Waals surface area contributed by atoms with Crippen molar-refractivity contribution < 1.29 is 8.42 Å². The molecule has 0 aliphatic heterocycles. The number of hydrogen-bond donors (Lipinski definition) is 3. The molecule has 112 valence electrons. The maximum atomic E-state index is 11.5. The van der Waals surface area contributed by atoms with E-state index < -0.39 is 10.0 Å². The highest BCUT2D eigenvalue weighted by Gasteiger charge is 2.24. The lowest BCUT2D eigenvalue weighted by Crippen LogP contribution is -2.32. The molecule has 0 bridgehead atoms. The molecular formula is C14H23N3O2S. The molecule has 0 heterocycles. The second-order valence-electron chi connectivity index (χ2n) is 5.47. The monoisotopic (exact) mass is 297 g/mol. The lowest BCUT2D eigenvalue weighted by molar-refractivity contribution is 0.317. The van der Waals surface area contributed by atoms with Gasteiger partial charge in [0.1, 0.15) is 4.90 Å². The first-order valence-electron chi connectivity index (χ1n) is 7.11. The predicted molar refractivity (Wildman–Crippen MR) is 81.9 cm³/mol. The van der Waals surface area contributed by atoms with Gasteiger partial charge in [0.2, 0.25) is 10.0 Å². The van der Waals surface area contributed by atoms with Crippen molar-refractivity contribution in [2.75, 3.05) is 11.1 Å². The number of rotatable bonds is 4. The highest BCUT2D eigenvalue weighted by molar-refractivity contribution is 7.89. The van der Waals surface area contributed by atoms with Gasteiger partial charge in [-0.25, -0.2) is 13.6 Å². The zero-order valence-electron chi connectivity index (χ0n) is 11.8. The summed E-state index contributed by atoms with van der Waals surface area (Å²) in [6.45, 7) is 2.19. The predicted octanol–water partition coefficient (Wildman–Crippen LogP) is 2.30. The Bertz CT molecular complexity index is 572. The molecule has 1 aromatic carbocycles. The Morgan fingerprint density at radius 2 is 2.00 bits per heavy atom. The lowest BCUT2D eigenvalue weighted by atomic mass is 9.83. The Morgan fingerprint density at radius 3 is 2.65 bits per heavy atom. The number of primary sulfonamides is 1. The van der Waals surface area contributed by atoms with Crippen LogP contribution in [-0.4, -0.2) is 14.5 Å². The van der Waals surface area contributed by atoms with Crippen molar-refractivity contribution in [2.45, 2.75) is 50.0 Å². The zero-order chi connectivity index (χ0) is 14.8. The Hall–Kier alpha value is -1.27. The molecule has 1 aliphatic carbocycles. The fraction of sp³-hybridized carbons (Fsp3) is 0.571. The summed E-state index contributed by atoms with van der Waals surface area (Å²) in [6, 6.07) is 5.27. The Kier molecular flexibility index (Phi) is 4.55. The number of hydrogen-bond acceptors (Lipinski definition) is 4. The molecule has 0 amide bonds. The van der Waals surface area contributed by atoms with Crippen molar-refractivity contribution in [2.24, 2.45) is 11.1 Å². The number of nitrogens with one attached hydrogen (secondary N) is 1. The smallest absolute Gasteiger partial charge is 0.240 e. The van der Waals surface area contributed by atoms with Gasteiger partial charge < -0.3 is 11.1 Å². The van der Waals surface area contributed by atoms with Crippen LogP contribution in [0, 0.1) is 5.92 Å². The van der Waals surface area contributed by atoms with Crippen LogP contribution in [-0.2, 0) is 10.0 Å². The zero-order valence-corrected chi connectivity index (χ0v) is 12.6. The van der Waals surface area contributed by atoms with E-state index in [0.29, 0.717) is 17.6 Å². The van der Waals surface area contributed by atoms with E-state index in [1.165, 1.54) is 25.3 Å². The number of nitrogens with two attached hydrogens (primary N) is 2. The molecule has 2 atom stereocenters. The summed E-state index contributed by atoms with van der Waals surface area (Å²) in [7, 11) is -3.78. The highest BCUT2D eigenvalue weighted by atomic mass is 32.2. The van der Waals surface area contributed by atoms with E-state index in [2.05, 4.69) is 12.2 Å². The van der Waals surface area contributed by atoms with Crippen LogP contribution < -0.4 is 16.2 Å². The summed E-state index contributed by atoms with van der Waals surface area (Å²) < 4.78 is 23.0. The van der Waals surface area contributed by atoms with E-state index in [9.17, 15) is 8.42 Å². The van der Waals surface area contributed by atoms with Crippen LogP contribution in [0.2, 0.25) is 0 Å². The van der Waals surface area contributed by atoms with E-state index in [4.69, 9.17) is 10.9 Å². The van der Waals surface area contributed by atoms with Gasteiger partial charge in [0, 0.05) is 6.04 Å². The van der Waals surface area contributed by atoms with Gasteiger partial charge in [-0.05, 0) is 30.9 Å². The Labute approximate surface area is 120 Å². The van der Waals surface area contributed by atoms with Gasteiger partial charge >= 0.3 is 0 Å². The lowest BCUT2D eigenvalue weighted by Gasteiger charge is -2.32. The minimum absolute atomic E-state index is 0.00800. The van der Waals surface area contributed by atoms with Crippen LogP contribution in [0.5, 0.6) is 0 Å². The summed E-state index contributed by atoms with van der Waals surface area (Å²) >= 11 is 0. The van der Waals surface area contributed by atoms with Crippen molar-refractivity contribution in [3.63, 3.8) is 0 Å². The third-order valence-corrected chi connectivity index (χ3v) is 5.12. The van der Waals surface area contributed by atoms with Gasteiger partial charge in [-0.1, -0.05) is 32.3 Å². The SMILES string of the molecule is CCC1CCCCC1Nc1cccc(S(N)(=O)=O)c1N. The molecule has 1 aliphatic rings. The van der Waals surface area contributed by atoms with Gasteiger partial charge in [-0.3, -0.25) is 0 Å². The molecule has 0 aromatic heterocycles. The average molecular weight is 297 g/mol. The van der Waals surface area contributed by atoms with Gasteiger partial charge in [0.05, 0.1) is 11.4 Å². The van der Waals surface area contributed by atoms with Gasteiger partial charge in [0.25, 0.3) is 0 Å². The van der Waals surface area contributed by atoms with Crippen molar-refractivity contribution in [1.29, 1.82) is 0 Å². The molecule has 20 heavy (non-hydrogen) atoms. The van der Waals surface area contributed by atoms with Gasteiger partial charge in [-0.2, -0.15) is 0 Å². The molecule has 0 saturated heterocycles. The Balaban J connectivity index is 2.25. The maximum Gasteiger partial charge on any atom is 0.240 e. The van der Waals surface area contributed by atoms with Crippen molar-refractivity contribution in [3.8, 4) is 0 Å². The number of anilines is 2. The summed E-state index contributed by atoms with van der Waals surface area (Å²) in [5.41, 5.74) is 6.84. The van der Waals surface area contributed by atoms with Crippen molar-refractivity contribution in [3.05, 3.63) is 18.2 Å². The molecule has 5 nitrogen and oxygen atoms in total. The van der Waals surface area contributed by atoms with Crippen LogP contribution in [0.4, 0.5) is 11.4 Å².